The Morgan fingerprint density at radius 2 is 1.94 bits per heavy atom. The second-order valence-electron chi connectivity index (χ2n) is 3.68. The Morgan fingerprint density at radius 1 is 1.31 bits per heavy atom. The molecule has 1 aromatic carbocycles. The summed E-state index contributed by atoms with van der Waals surface area (Å²) in [4.78, 5) is 1.27. The number of nitrogens with two attached hydrogens (primary N) is 1. The van der Waals surface area contributed by atoms with Crippen molar-refractivity contribution in [3.05, 3.63) is 23.8 Å². The summed E-state index contributed by atoms with van der Waals surface area (Å²) in [5, 5.41) is 0. The Bertz CT molecular complexity index is 361. The molecule has 0 aromatic heterocycles. The fourth-order valence-corrected chi connectivity index (χ4v) is 1.55. The van der Waals surface area contributed by atoms with Crippen molar-refractivity contribution in [2.45, 2.75) is 20.0 Å². The van der Waals surface area contributed by atoms with Gasteiger partial charge in [-0.15, -0.1) is 0 Å². The van der Waals surface area contributed by atoms with E-state index in [1.807, 2.05) is 0 Å². The van der Waals surface area contributed by atoms with Gasteiger partial charge in [0.15, 0.2) is 0 Å². The van der Waals surface area contributed by atoms with Crippen LogP contribution in [0.15, 0.2) is 18.2 Å². The second kappa shape index (κ2) is 4.63. The first-order chi connectivity index (χ1) is 7.33. The van der Waals surface area contributed by atoms with Crippen LogP contribution in [0.2, 0.25) is 0 Å². The zero-order valence-electron chi connectivity index (χ0n) is 9.30. The van der Waals surface area contributed by atoms with Crippen LogP contribution in [0.4, 0.5) is 24.5 Å². The average molecular weight is 232 g/mol. The zero-order valence-corrected chi connectivity index (χ0v) is 9.30. The van der Waals surface area contributed by atoms with Gasteiger partial charge in [0, 0.05) is 17.9 Å². The minimum Gasteiger partial charge on any atom is -0.399 e. The molecule has 2 nitrogen and oxygen atoms in total. The van der Waals surface area contributed by atoms with E-state index < -0.39 is 12.7 Å². The molecule has 1 rings (SSSR count). The highest BCUT2D eigenvalue weighted by molar-refractivity contribution is 5.60. The Hall–Kier alpha value is -1.39. The lowest BCUT2D eigenvalue weighted by atomic mass is 10.1. The van der Waals surface area contributed by atoms with Gasteiger partial charge in [0.1, 0.15) is 6.54 Å². The fraction of sp³-hybridized carbons (Fsp3) is 0.455. The van der Waals surface area contributed by atoms with Crippen LogP contribution in [0.5, 0.6) is 0 Å². The molecule has 0 amide bonds. The molecule has 1 aromatic rings. The highest BCUT2D eigenvalue weighted by Crippen LogP contribution is 2.26. The number of nitrogens with zero attached hydrogens (tertiary/aromatic N) is 1. The molecular weight excluding hydrogens is 217 g/mol. The van der Waals surface area contributed by atoms with E-state index in [1.54, 1.807) is 32.0 Å². The van der Waals surface area contributed by atoms with E-state index in [-0.39, 0.29) is 0 Å². The zero-order chi connectivity index (χ0) is 12.3. The molecule has 0 fully saturated rings. The maximum absolute atomic E-state index is 12.3. The minimum atomic E-state index is -4.20. The molecule has 0 aliphatic carbocycles. The third-order valence-corrected chi connectivity index (χ3v) is 2.33. The van der Waals surface area contributed by atoms with Crippen molar-refractivity contribution in [2.75, 3.05) is 23.7 Å². The van der Waals surface area contributed by atoms with E-state index in [1.165, 1.54) is 4.90 Å². The van der Waals surface area contributed by atoms with Gasteiger partial charge < -0.3 is 10.6 Å². The first-order valence-electron chi connectivity index (χ1n) is 5.01. The van der Waals surface area contributed by atoms with Gasteiger partial charge in [-0.05, 0) is 31.5 Å². The summed E-state index contributed by atoms with van der Waals surface area (Å²) in [6.07, 6.45) is -4.20. The van der Waals surface area contributed by atoms with E-state index in [0.29, 0.717) is 17.9 Å². The lowest BCUT2D eigenvalue weighted by molar-refractivity contribution is -0.119. The molecule has 0 heterocycles. The molecule has 16 heavy (non-hydrogen) atoms. The van der Waals surface area contributed by atoms with Crippen LogP contribution in [0.25, 0.3) is 0 Å². The van der Waals surface area contributed by atoms with Gasteiger partial charge in [0.2, 0.25) is 0 Å². The number of halogens is 3. The van der Waals surface area contributed by atoms with E-state index in [2.05, 4.69) is 0 Å². The topological polar surface area (TPSA) is 29.3 Å². The van der Waals surface area contributed by atoms with Crippen LogP contribution < -0.4 is 10.6 Å². The second-order valence-corrected chi connectivity index (χ2v) is 3.68. The molecule has 0 saturated heterocycles. The van der Waals surface area contributed by atoms with E-state index in [9.17, 15) is 13.2 Å². The Kier molecular flexibility index (Phi) is 3.67. The summed E-state index contributed by atoms with van der Waals surface area (Å²) in [5.74, 6) is 0. The van der Waals surface area contributed by atoms with Crippen LogP contribution in [0.3, 0.4) is 0 Å². The van der Waals surface area contributed by atoms with E-state index >= 15 is 0 Å². The SMILES string of the molecule is CCN(CC(F)(F)F)c1cc(N)ccc1C. The molecular formula is C11H15F3N2. The average Bonchev–Trinajstić information content (AvgIpc) is 2.17. The number of nitrogen functional groups attached to an aromatic ring is 1. The van der Waals surface area contributed by atoms with E-state index in [4.69, 9.17) is 5.73 Å². The van der Waals surface area contributed by atoms with Crippen LogP contribution in [-0.4, -0.2) is 19.3 Å². The summed E-state index contributed by atoms with van der Waals surface area (Å²) >= 11 is 0. The monoisotopic (exact) mass is 232 g/mol. The molecule has 0 bridgehead atoms. The Labute approximate surface area is 92.9 Å². The van der Waals surface area contributed by atoms with Crippen molar-refractivity contribution in [2.24, 2.45) is 0 Å². The number of rotatable bonds is 3. The Balaban J connectivity index is 2.99. The standard InChI is InChI=1S/C11H15F3N2/c1-3-16(7-11(12,13)14)10-6-9(15)5-4-8(10)2/h4-6H,3,7,15H2,1-2H3. The van der Waals surface area contributed by atoms with Crippen molar-refractivity contribution >= 4 is 11.4 Å². The smallest absolute Gasteiger partial charge is 0.399 e. The molecule has 0 unspecified atom stereocenters. The van der Waals surface area contributed by atoms with Crippen LogP contribution >= 0.6 is 0 Å². The maximum Gasteiger partial charge on any atom is 0.405 e. The third kappa shape index (κ3) is 3.32. The van der Waals surface area contributed by atoms with Gasteiger partial charge in [0.05, 0.1) is 0 Å². The number of anilines is 2. The van der Waals surface area contributed by atoms with E-state index in [0.717, 1.165) is 5.56 Å². The van der Waals surface area contributed by atoms with Crippen molar-refractivity contribution < 1.29 is 13.2 Å². The van der Waals surface area contributed by atoms with Crippen molar-refractivity contribution in [3.63, 3.8) is 0 Å². The quantitative estimate of drug-likeness (QED) is 0.812. The van der Waals surface area contributed by atoms with Gasteiger partial charge >= 0.3 is 6.18 Å². The molecule has 90 valence electrons. The summed E-state index contributed by atoms with van der Waals surface area (Å²) < 4.78 is 37.0. The predicted octanol–water partition coefficient (Wildman–Crippen LogP) is 2.97. The van der Waals surface area contributed by atoms with Crippen LogP contribution in [0, 0.1) is 6.92 Å². The van der Waals surface area contributed by atoms with Gasteiger partial charge in [-0.3, -0.25) is 0 Å². The largest absolute Gasteiger partial charge is 0.405 e. The van der Waals surface area contributed by atoms with Gasteiger partial charge in [-0.1, -0.05) is 6.07 Å². The van der Waals surface area contributed by atoms with Crippen LogP contribution in [-0.2, 0) is 0 Å². The predicted molar refractivity (Wildman–Crippen MR) is 59.5 cm³/mol. The fourth-order valence-electron chi connectivity index (χ4n) is 1.55. The molecule has 0 saturated carbocycles. The van der Waals surface area contributed by atoms with Gasteiger partial charge in [-0.25, -0.2) is 0 Å². The maximum atomic E-state index is 12.3. The summed E-state index contributed by atoms with van der Waals surface area (Å²) in [6.45, 7) is 2.81. The summed E-state index contributed by atoms with van der Waals surface area (Å²) in [6, 6.07) is 4.98. The first-order valence-corrected chi connectivity index (χ1v) is 5.01. The molecule has 0 aliphatic rings. The number of alkyl halides is 3. The summed E-state index contributed by atoms with van der Waals surface area (Å²) in [5.41, 5.74) is 7.38. The third-order valence-electron chi connectivity index (χ3n) is 2.33. The van der Waals surface area contributed by atoms with Crippen LogP contribution in [0.1, 0.15) is 12.5 Å². The van der Waals surface area contributed by atoms with Gasteiger partial charge in [0.25, 0.3) is 0 Å². The molecule has 0 atom stereocenters. The molecule has 0 spiro atoms. The summed E-state index contributed by atoms with van der Waals surface area (Å²) in [7, 11) is 0. The Morgan fingerprint density at radius 3 is 2.44 bits per heavy atom. The first kappa shape index (κ1) is 12.7. The molecule has 2 N–H and O–H groups in total. The lowest BCUT2D eigenvalue weighted by Gasteiger charge is -2.26. The normalized spacial score (nSPS) is 11.6. The van der Waals surface area contributed by atoms with Crippen molar-refractivity contribution in [1.29, 1.82) is 0 Å². The number of hydrogen-bond donors (Lipinski definition) is 1. The number of hydrogen-bond acceptors (Lipinski definition) is 2. The minimum absolute atomic E-state index is 0.295. The molecule has 0 radical (unpaired) electrons. The van der Waals surface area contributed by atoms with Crippen molar-refractivity contribution in [3.8, 4) is 0 Å². The molecule has 5 heteroatoms. The highest BCUT2D eigenvalue weighted by atomic mass is 19.4. The van der Waals surface area contributed by atoms with Gasteiger partial charge in [-0.2, -0.15) is 13.2 Å². The molecule has 0 aliphatic heterocycles. The number of aryl methyl sites for hydroxylation is 1. The van der Waals surface area contributed by atoms with Crippen molar-refractivity contribution in [1.82, 2.24) is 0 Å². The number of benzene rings is 1. The lowest BCUT2D eigenvalue weighted by Crippen LogP contribution is -2.34. The highest BCUT2D eigenvalue weighted by Gasteiger charge is 2.30.